The molecule has 0 N–H and O–H groups in total. The van der Waals surface area contributed by atoms with Crippen molar-refractivity contribution in [3.63, 3.8) is 0 Å². The summed E-state index contributed by atoms with van der Waals surface area (Å²) in [6.07, 6.45) is 8.80. The Balaban J connectivity index is 1.56. The van der Waals surface area contributed by atoms with E-state index in [4.69, 9.17) is 13.7 Å². The molecule has 0 radical (unpaired) electrons. The fourth-order valence-corrected chi connectivity index (χ4v) is 6.08. The zero-order valence-electron chi connectivity index (χ0n) is 22.1. The summed E-state index contributed by atoms with van der Waals surface area (Å²) in [4.78, 5) is 14.5. The van der Waals surface area contributed by atoms with E-state index in [0.717, 1.165) is 62.6 Å². The molecule has 3 unspecified atom stereocenters. The van der Waals surface area contributed by atoms with E-state index >= 15 is 0 Å². The maximum absolute atomic E-state index is 12.1. The van der Waals surface area contributed by atoms with Crippen molar-refractivity contribution >= 4 is 21.8 Å². The van der Waals surface area contributed by atoms with Gasteiger partial charge in [-0.2, -0.15) is 8.42 Å². The Kier molecular flexibility index (Phi) is 9.13. The fraction of sp³-hybridized carbons (Fsp3) is 0.552. The molecule has 4 rings (SSSR count). The lowest BCUT2D eigenvalue weighted by molar-refractivity contribution is -0.131. The molecule has 202 valence electrons. The average molecular weight is 530 g/mol. The lowest BCUT2D eigenvalue weighted by Crippen LogP contribution is -2.44. The minimum atomic E-state index is -3.52. The Hall–Kier alpha value is -2.58. The van der Waals surface area contributed by atoms with E-state index in [-0.39, 0.29) is 24.6 Å². The van der Waals surface area contributed by atoms with Crippen LogP contribution >= 0.6 is 0 Å². The smallest absolute Gasteiger partial charge is 0.308 e. The van der Waals surface area contributed by atoms with Gasteiger partial charge >= 0.3 is 5.97 Å². The molecule has 0 bridgehead atoms. The number of carbonyl (C=O) groups excluding carboxylic acids is 1. The number of carbonyl (C=O) groups is 1. The predicted octanol–water partition coefficient (Wildman–Crippen LogP) is 5.61. The number of benzene rings is 2. The van der Waals surface area contributed by atoms with Gasteiger partial charge in [0.15, 0.2) is 0 Å². The Bertz CT molecular complexity index is 1170. The highest BCUT2D eigenvalue weighted by Crippen LogP contribution is 2.49. The third-order valence-corrected chi connectivity index (χ3v) is 7.86. The molecular weight excluding hydrogens is 490 g/mol. The van der Waals surface area contributed by atoms with Crippen molar-refractivity contribution in [2.24, 2.45) is 0 Å². The number of hydrogen-bond acceptors (Lipinski definition) is 7. The van der Waals surface area contributed by atoms with E-state index in [1.54, 1.807) is 0 Å². The number of aryl methyl sites for hydroxylation is 1. The first-order valence-electron chi connectivity index (χ1n) is 13.4. The molecule has 2 aliphatic heterocycles. The summed E-state index contributed by atoms with van der Waals surface area (Å²) < 4.78 is 40.3. The van der Waals surface area contributed by atoms with Crippen LogP contribution in [0.3, 0.4) is 0 Å². The van der Waals surface area contributed by atoms with Gasteiger partial charge < -0.3 is 14.4 Å². The van der Waals surface area contributed by atoms with Crippen LogP contribution in [-0.2, 0) is 25.5 Å². The molecule has 0 spiro atoms. The molecule has 0 saturated carbocycles. The number of fused-ring (bicyclic) bond motifs is 3. The third kappa shape index (κ3) is 7.71. The summed E-state index contributed by atoms with van der Waals surface area (Å²) in [5, 5.41) is 0. The molecule has 7 nitrogen and oxygen atoms in total. The molecule has 2 heterocycles. The average Bonchev–Trinajstić information content (AvgIpc) is 2.83. The fourth-order valence-electron chi connectivity index (χ4n) is 5.69. The van der Waals surface area contributed by atoms with Crippen molar-refractivity contribution in [2.75, 3.05) is 24.3 Å². The van der Waals surface area contributed by atoms with Crippen molar-refractivity contribution in [2.45, 2.75) is 83.3 Å². The van der Waals surface area contributed by atoms with Crippen molar-refractivity contribution in [1.82, 2.24) is 0 Å². The van der Waals surface area contributed by atoms with E-state index in [2.05, 4.69) is 42.2 Å². The van der Waals surface area contributed by atoms with E-state index in [1.165, 1.54) is 18.9 Å². The predicted molar refractivity (Wildman–Crippen MR) is 145 cm³/mol. The summed E-state index contributed by atoms with van der Waals surface area (Å²) in [6.45, 7) is 4.52. The largest absolute Gasteiger partial charge is 0.491 e. The van der Waals surface area contributed by atoms with Gasteiger partial charge in [-0.3, -0.25) is 8.98 Å². The maximum atomic E-state index is 12.1. The summed E-state index contributed by atoms with van der Waals surface area (Å²) in [6, 6.07) is 14.7. The molecule has 0 aromatic heterocycles. The van der Waals surface area contributed by atoms with Crippen LogP contribution in [0.25, 0.3) is 0 Å². The standard InChI is InChI=1S/C29H39NO6S/c1-21(10-9-13-23-11-5-4-6-12-23)35-26-19-27-29(28(20-26)36-22(2)31)24(15-17-34-37(3,32)33)18-25-14-7-8-16-30(25)27/h4-6,11-12,19-21,24-25H,7-10,13-18H2,1-3H3. The first-order chi connectivity index (χ1) is 17.7. The quantitative estimate of drug-likeness (QED) is 0.212. The number of rotatable bonds is 11. The first-order valence-corrected chi connectivity index (χ1v) is 15.2. The normalized spacial score (nSPS) is 20.0. The number of nitrogens with zero attached hydrogens (tertiary/aromatic N) is 1. The van der Waals surface area contributed by atoms with Crippen LogP contribution in [0.4, 0.5) is 5.69 Å². The molecule has 37 heavy (non-hydrogen) atoms. The van der Waals surface area contributed by atoms with E-state index in [1.807, 2.05) is 12.1 Å². The minimum Gasteiger partial charge on any atom is -0.491 e. The molecule has 0 amide bonds. The number of ether oxygens (including phenoxy) is 2. The number of anilines is 1. The first kappa shape index (κ1) is 27.5. The molecule has 1 saturated heterocycles. The van der Waals surface area contributed by atoms with E-state index < -0.39 is 10.1 Å². The van der Waals surface area contributed by atoms with Gasteiger partial charge in [-0.25, -0.2) is 0 Å². The van der Waals surface area contributed by atoms with Crippen molar-refractivity contribution in [3.8, 4) is 11.5 Å². The van der Waals surface area contributed by atoms with Crippen molar-refractivity contribution in [1.29, 1.82) is 0 Å². The molecule has 1 fully saturated rings. The van der Waals surface area contributed by atoms with Crippen LogP contribution in [0.5, 0.6) is 11.5 Å². The summed E-state index contributed by atoms with van der Waals surface area (Å²) in [7, 11) is -3.52. The van der Waals surface area contributed by atoms with Crippen molar-refractivity contribution < 1.29 is 26.9 Å². The van der Waals surface area contributed by atoms with E-state index in [9.17, 15) is 13.2 Å². The van der Waals surface area contributed by atoms with Crippen LogP contribution < -0.4 is 14.4 Å². The second-order valence-corrected chi connectivity index (χ2v) is 12.0. The van der Waals surface area contributed by atoms with Crippen LogP contribution in [-0.4, -0.2) is 45.9 Å². The highest BCUT2D eigenvalue weighted by molar-refractivity contribution is 7.85. The molecule has 2 aromatic carbocycles. The number of piperidine rings is 1. The topological polar surface area (TPSA) is 82.1 Å². The number of esters is 1. The van der Waals surface area contributed by atoms with Gasteiger partial charge in [-0.05, 0) is 69.8 Å². The second-order valence-electron chi connectivity index (χ2n) is 10.3. The summed E-state index contributed by atoms with van der Waals surface area (Å²) >= 11 is 0. The van der Waals surface area contributed by atoms with Gasteiger partial charge in [0.1, 0.15) is 11.5 Å². The third-order valence-electron chi connectivity index (χ3n) is 7.27. The molecule has 2 aromatic rings. The Morgan fingerprint density at radius 1 is 1.16 bits per heavy atom. The van der Waals surface area contributed by atoms with Gasteiger partial charge in [-0.1, -0.05) is 30.3 Å². The van der Waals surface area contributed by atoms with Crippen LogP contribution in [0, 0.1) is 0 Å². The van der Waals surface area contributed by atoms with Crippen LogP contribution in [0.2, 0.25) is 0 Å². The molecule has 3 atom stereocenters. The van der Waals surface area contributed by atoms with Gasteiger partial charge in [0.25, 0.3) is 10.1 Å². The lowest BCUT2D eigenvalue weighted by atomic mass is 9.80. The Labute approximate surface area is 221 Å². The second kappa shape index (κ2) is 12.3. The summed E-state index contributed by atoms with van der Waals surface area (Å²) in [5.41, 5.74) is 3.31. The number of hydrogen-bond donors (Lipinski definition) is 0. The van der Waals surface area contributed by atoms with Gasteiger partial charge in [0.05, 0.1) is 19.0 Å². The van der Waals surface area contributed by atoms with Gasteiger partial charge in [-0.15, -0.1) is 0 Å². The maximum Gasteiger partial charge on any atom is 0.308 e. The highest BCUT2D eigenvalue weighted by atomic mass is 32.2. The SMILES string of the molecule is CC(=O)Oc1cc(OC(C)CCCc2ccccc2)cc2c1C(CCOS(C)(=O)=O)CC1CCCCN21. The Morgan fingerprint density at radius 2 is 1.95 bits per heavy atom. The molecular formula is C29H39NO6S. The van der Waals surface area contributed by atoms with Gasteiger partial charge in [0, 0.05) is 42.9 Å². The lowest BCUT2D eigenvalue weighted by Gasteiger charge is -2.45. The van der Waals surface area contributed by atoms with Crippen LogP contribution in [0.15, 0.2) is 42.5 Å². The van der Waals surface area contributed by atoms with Crippen molar-refractivity contribution in [3.05, 3.63) is 53.6 Å². The minimum absolute atomic E-state index is 0.00615. The molecule has 2 aliphatic rings. The van der Waals surface area contributed by atoms with Crippen LogP contribution in [0.1, 0.15) is 75.8 Å². The highest BCUT2D eigenvalue weighted by Gasteiger charge is 2.37. The monoisotopic (exact) mass is 529 g/mol. The zero-order valence-corrected chi connectivity index (χ0v) is 23.0. The van der Waals surface area contributed by atoms with E-state index in [0.29, 0.717) is 24.0 Å². The molecule has 8 heteroatoms. The Morgan fingerprint density at radius 3 is 2.68 bits per heavy atom. The molecule has 0 aliphatic carbocycles. The summed E-state index contributed by atoms with van der Waals surface area (Å²) in [5.74, 6) is 0.842. The zero-order chi connectivity index (χ0) is 26.4. The van der Waals surface area contributed by atoms with Gasteiger partial charge in [0.2, 0.25) is 0 Å².